The van der Waals surface area contributed by atoms with Crippen molar-refractivity contribution in [3.63, 3.8) is 0 Å². The van der Waals surface area contributed by atoms with Gasteiger partial charge in [-0.2, -0.15) is 0 Å². The number of unbranched alkanes of at least 4 members (excludes halogenated alkanes) is 7. The van der Waals surface area contributed by atoms with Crippen LogP contribution in [0.1, 0.15) is 71.6 Å². The van der Waals surface area contributed by atoms with Gasteiger partial charge >= 0.3 is 0 Å². The molecule has 108 valence electrons. The standard InChI is InChI=1S/C15H31NO2/c1-4-5-6-7-8-9-10-11-12-15(2)17-13-14(16-3)18-15/h14,16H,4-13H2,1-3H3. The molecule has 0 aromatic rings. The van der Waals surface area contributed by atoms with Crippen LogP contribution < -0.4 is 5.32 Å². The van der Waals surface area contributed by atoms with Crippen LogP contribution in [0.25, 0.3) is 0 Å². The first-order chi connectivity index (χ1) is 8.70. The van der Waals surface area contributed by atoms with Gasteiger partial charge in [0.25, 0.3) is 0 Å². The summed E-state index contributed by atoms with van der Waals surface area (Å²) in [4.78, 5) is 0. The van der Waals surface area contributed by atoms with E-state index in [4.69, 9.17) is 9.47 Å². The molecule has 3 nitrogen and oxygen atoms in total. The van der Waals surface area contributed by atoms with Gasteiger partial charge in [0.15, 0.2) is 5.79 Å². The van der Waals surface area contributed by atoms with Gasteiger partial charge in [-0.25, -0.2) is 0 Å². The fourth-order valence-corrected chi connectivity index (χ4v) is 2.47. The Morgan fingerprint density at radius 3 is 2.22 bits per heavy atom. The van der Waals surface area contributed by atoms with Gasteiger partial charge in [0.05, 0.1) is 6.61 Å². The molecule has 1 aliphatic heterocycles. The van der Waals surface area contributed by atoms with Crippen molar-refractivity contribution in [3.8, 4) is 0 Å². The Labute approximate surface area is 113 Å². The lowest BCUT2D eigenvalue weighted by atomic mass is 10.0. The molecular formula is C15H31NO2. The first-order valence-corrected chi connectivity index (χ1v) is 7.69. The quantitative estimate of drug-likeness (QED) is 0.603. The summed E-state index contributed by atoms with van der Waals surface area (Å²) in [5.41, 5.74) is 0. The van der Waals surface area contributed by atoms with Crippen molar-refractivity contribution in [1.29, 1.82) is 0 Å². The number of hydrogen-bond acceptors (Lipinski definition) is 3. The van der Waals surface area contributed by atoms with Crippen LogP contribution in [0, 0.1) is 0 Å². The molecule has 1 aliphatic rings. The Kier molecular flexibility index (Phi) is 7.87. The van der Waals surface area contributed by atoms with Crippen molar-refractivity contribution in [1.82, 2.24) is 5.32 Å². The molecule has 1 N–H and O–H groups in total. The zero-order valence-electron chi connectivity index (χ0n) is 12.5. The largest absolute Gasteiger partial charge is 0.346 e. The summed E-state index contributed by atoms with van der Waals surface area (Å²) in [6, 6.07) is 0. The highest BCUT2D eigenvalue weighted by Gasteiger charge is 2.35. The van der Waals surface area contributed by atoms with Gasteiger partial charge in [-0.05, 0) is 20.4 Å². The summed E-state index contributed by atoms with van der Waals surface area (Å²) < 4.78 is 11.5. The molecule has 2 unspecified atom stereocenters. The van der Waals surface area contributed by atoms with Crippen molar-refractivity contribution in [3.05, 3.63) is 0 Å². The molecule has 18 heavy (non-hydrogen) atoms. The zero-order chi connectivity index (χ0) is 13.3. The average molecular weight is 257 g/mol. The van der Waals surface area contributed by atoms with Crippen molar-refractivity contribution in [2.45, 2.75) is 83.6 Å². The molecule has 1 fully saturated rings. The minimum absolute atomic E-state index is 0.0732. The predicted molar refractivity (Wildman–Crippen MR) is 75.5 cm³/mol. The smallest absolute Gasteiger partial charge is 0.167 e. The number of rotatable bonds is 10. The van der Waals surface area contributed by atoms with Gasteiger partial charge in [0.1, 0.15) is 6.23 Å². The maximum atomic E-state index is 5.82. The number of ether oxygens (including phenoxy) is 2. The molecule has 0 amide bonds. The van der Waals surface area contributed by atoms with Gasteiger partial charge in [-0.15, -0.1) is 0 Å². The van der Waals surface area contributed by atoms with Crippen LogP contribution in [0.4, 0.5) is 0 Å². The molecule has 0 radical (unpaired) electrons. The third kappa shape index (κ3) is 6.17. The normalized spacial score (nSPS) is 27.8. The van der Waals surface area contributed by atoms with E-state index in [2.05, 4.69) is 19.2 Å². The molecule has 0 aromatic heterocycles. The minimum atomic E-state index is -0.351. The van der Waals surface area contributed by atoms with E-state index in [1.807, 2.05) is 7.05 Å². The molecule has 0 bridgehead atoms. The molecule has 1 rings (SSSR count). The van der Waals surface area contributed by atoms with Gasteiger partial charge < -0.3 is 9.47 Å². The van der Waals surface area contributed by atoms with Crippen LogP contribution in [-0.4, -0.2) is 25.7 Å². The maximum absolute atomic E-state index is 5.82. The molecular weight excluding hydrogens is 226 g/mol. The summed E-state index contributed by atoms with van der Waals surface area (Å²) in [7, 11) is 1.91. The Bertz CT molecular complexity index is 211. The minimum Gasteiger partial charge on any atom is -0.346 e. The van der Waals surface area contributed by atoms with E-state index in [0.29, 0.717) is 6.61 Å². The first-order valence-electron chi connectivity index (χ1n) is 7.69. The average Bonchev–Trinajstić information content (AvgIpc) is 2.75. The Morgan fingerprint density at radius 1 is 1.06 bits per heavy atom. The Hall–Kier alpha value is -0.120. The van der Waals surface area contributed by atoms with Crippen LogP contribution in [-0.2, 0) is 9.47 Å². The van der Waals surface area contributed by atoms with E-state index in [1.54, 1.807) is 0 Å². The second-order valence-corrected chi connectivity index (χ2v) is 5.56. The second kappa shape index (κ2) is 8.89. The monoisotopic (exact) mass is 257 g/mol. The van der Waals surface area contributed by atoms with Crippen molar-refractivity contribution in [2.24, 2.45) is 0 Å². The molecule has 0 aromatic carbocycles. The van der Waals surface area contributed by atoms with Crippen molar-refractivity contribution < 1.29 is 9.47 Å². The highest BCUT2D eigenvalue weighted by Crippen LogP contribution is 2.27. The summed E-state index contributed by atoms with van der Waals surface area (Å²) in [6.45, 7) is 5.00. The van der Waals surface area contributed by atoms with Gasteiger partial charge in [-0.1, -0.05) is 51.9 Å². The van der Waals surface area contributed by atoms with Crippen molar-refractivity contribution in [2.75, 3.05) is 13.7 Å². The lowest BCUT2D eigenvalue weighted by molar-refractivity contribution is -0.161. The lowest BCUT2D eigenvalue weighted by Gasteiger charge is -2.23. The number of hydrogen-bond donors (Lipinski definition) is 1. The van der Waals surface area contributed by atoms with Gasteiger partial charge in [0, 0.05) is 6.42 Å². The zero-order valence-corrected chi connectivity index (χ0v) is 12.5. The Morgan fingerprint density at radius 2 is 1.67 bits per heavy atom. The van der Waals surface area contributed by atoms with Crippen molar-refractivity contribution >= 4 is 0 Å². The van der Waals surface area contributed by atoms with E-state index >= 15 is 0 Å². The second-order valence-electron chi connectivity index (χ2n) is 5.56. The fourth-order valence-electron chi connectivity index (χ4n) is 2.47. The summed E-state index contributed by atoms with van der Waals surface area (Å²) in [5.74, 6) is -0.351. The molecule has 3 heteroatoms. The van der Waals surface area contributed by atoms with Crippen LogP contribution in [0.15, 0.2) is 0 Å². The first kappa shape index (κ1) is 15.9. The third-order valence-electron chi connectivity index (χ3n) is 3.74. The predicted octanol–water partition coefficient (Wildman–Crippen LogP) is 3.83. The maximum Gasteiger partial charge on any atom is 0.167 e. The molecule has 0 aliphatic carbocycles. The lowest BCUT2D eigenvalue weighted by Crippen LogP contribution is -2.31. The van der Waals surface area contributed by atoms with Crippen LogP contribution in [0.2, 0.25) is 0 Å². The highest BCUT2D eigenvalue weighted by molar-refractivity contribution is 4.72. The molecule has 1 heterocycles. The number of likely N-dealkylation sites (N-methyl/N-ethyl adjacent to an activating group) is 1. The van der Waals surface area contributed by atoms with E-state index in [1.165, 1.54) is 51.4 Å². The topological polar surface area (TPSA) is 30.5 Å². The molecule has 0 saturated carbocycles. The van der Waals surface area contributed by atoms with E-state index in [9.17, 15) is 0 Å². The van der Waals surface area contributed by atoms with Gasteiger partial charge in [-0.3, -0.25) is 5.32 Å². The SMILES string of the molecule is CCCCCCCCCCC1(C)OCC(NC)O1. The van der Waals surface area contributed by atoms with E-state index in [-0.39, 0.29) is 12.0 Å². The highest BCUT2D eigenvalue weighted by atomic mass is 16.7. The summed E-state index contributed by atoms with van der Waals surface area (Å²) >= 11 is 0. The van der Waals surface area contributed by atoms with Crippen LogP contribution in [0.3, 0.4) is 0 Å². The molecule has 0 spiro atoms. The van der Waals surface area contributed by atoms with E-state index in [0.717, 1.165) is 6.42 Å². The fraction of sp³-hybridized carbons (Fsp3) is 1.00. The third-order valence-corrected chi connectivity index (χ3v) is 3.74. The van der Waals surface area contributed by atoms with Crippen LogP contribution in [0.5, 0.6) is 0 Å². The summed E-state index contributed by atoms with van der Waals surface area (Å²) in [5, 5.41) is 3.10. The molecule has 2 atom stereocenters. The molecule has 1 saturated heterocycles. The summed E-state index contributed by atoms with van der Waals surface area (Å²) in [6.07, 6.45) is 11.9. The van der Waals surface area contributed by atoms with Crippen LogP contribution >= 0.6 is 0 Å². The number of nitrogens with one attached hydrogen (secondary N) is 1. The van der Waals surface area contributed by atoms with Gasteiger partial charge in [0.2, 0.25) is 0 Å². The van der Waals surface area contributed by atoms with E-state index < -0.39 is 0 Å². The Balaban J connectivity index is 1.94.